The normalized spacial score (nSPS) is 11.4. The van der Waals surface area contributed by atoms with Gasteiger partial charge in [-0.3, -0.25) is 4.72 Å². The number of nitrogens with zero attached hydrogens (tertiary/aromatic N) is 1. The van der Waals surface area contributed by atoms with E-state index in [0.29, 0.717) is 10.0 Å². The highest BCUT2D eigenvalue weighted by Gasteiger charge is 2.18. The maximum absolute atomic E-state index is 12.0. The van der Waals surface area contributed by atoms with Gasteiger partial charge in [0.25, 0.3) is 10.0 Å². The number of pyridine rings is 1. The number of halogens is 1. The molecule has 0 saturated heterocycles. The first-order chi connectivity index (χ1) is 7.99. The largest absolute Gasteiger partial charge is 0.272 e. The Hall–Kier alpha value is -0.920. The van der Waals surface area contributed by atoms with Crippen LogP contribution in [-0.4, -0.2) is 13.4 Å². The van der Waals surface area contributed by atoms with E-state index in [9.17, 15) is 8.42 Å². The van der Waals surface area contributed by atoms with E-state index in [2.05, 4.69) is 25.6 Å². The van der Waals surface area contributed by atoms with Crippen molar-refractivity contribution in [3.8, 4) is 0 Å². The number of aromatic nitrogens is 1. The maximum Gasteiger partial charge on any atom is 0.272 e. The summed E-state index contributed by atoms with van der Waals surface area (Å²) in [4.78, 5) is 3.95. The quantitative estimate of drug-likeness (QED) is 0.939. The molecule has 0 aliphatic carbocycles. The number of rotatable bonds is 3. The van der Waals surface area contributed by atoms with E-state index in [-0.39, 0.29) is 0 Å². The van der Waals surface area contributed by atoms with Crippen molar-refractivity contribution in [2.75, 3.05) is 4.72 Å². The zero-order chi connectivity index (χ0) is 12.5. The number of aryl methyl sites for hydroxylation is 1. The molecule has 2 aromatic heterocycles. The predicted molar refractivity (Wildman–Crippen MR) is 71.8 cm³/mol. The number of anilines is 1. The summed E-state index contributed by atoms with van der Waals surface area (Å²) in [7, 11) is -3.53. The number of nitrogens with one attached hydrogen (secondary N) is 1. The standard InChI is InChI=1S/C10H9BrN2O2S2/c1-7-3-5-16-10(7)17(14,15)13-9-6-8(11)2-4-12-9/h2-6H,1H3,(H,12,13). The van der Waals surface area contributed by atoms with Crippen molar-refractivity contribution in [3.05, 3.63) is 39.8 Å². The Kier molecular flexibility index (Phi) is 3.50. The first-order valence-electron chi connectivity index (χ1n) is 4.67. The smallest absolute Gasteiger partial charge is 0.263 e. The predicted octanol–water partition coefficient (Wildman–Crippen LogP) is 3.01. The molecule has 0 saturated carbocycles. The third kappa shape index (κ3) is 2.85. The van der Waals surface area contributed by atoms with Gasteiger partial charge in [0.1, 0.15) is 10.0 Å². The molecule has 2 aromatic rings. The molecule has 0 spiro atoms. The first kappa shape index (κ1) is 12.5. The van der Waals surface area contributed by atoms with Gasteiger partial charge < -0.3 is 0 Å². The summed E-state index contributed by atoms with van der Waals surface area (Å²) in [6, 6.07) is 5.11. The van der Waals surface area contributed by atoms with Gasteiger partial charge in [-0.25, -0.2) is 13.4 Å². The third-order valence-electron chi connectivity index (χ3n) is 2.02. The van der Waals surface area contributed by atoms with Gasteiger partial charge in [0.15, 0.2) is 0 Å². The molecule has 2 rings (SSSR count). The average molecular weight is 333 g/mol. The van der Waals surface area contributed by atoms with Gasteiger partial charge in [0.2, 0.25) is 0 Å². The second kappa shape index (κ2) is 4.75. The molecule has 0 fully saturated rings. The van der Waals surface area contributed by atoms with Crippen molar-refractivity contribution in [2.24, 2.45) is 0 Å². The van der Waals surface area contributed by atoms with E-state index in [1.54, 1.807) is 30.5 Å². The zero-order valence-electron chi connectivity index (χ0n) is 8.84. The SMILES string of the molecule is Cc1ccsc1S(=O)(=O)Nc1cc(Br)ccn1. The van der Waals surface area contributed by atoms with Crippen molar-refractivity contribution < 1.29 is 8.42 Å². The minimum Gasteiger partial charge on any atom is -0.263 e. The molecule has 0 unspecified atom stereocenters. The molecule has 17 heavy (non-hydrogen) atoms. The van der Waals surface area contributed by atoms with Gasteiger partial charge in [-0.15, -0.1) is 11.3 Å². The van der Waals surface area contributed by atoms with E-state index < -0.39 is 10.0 Å². The average Bonchev–Trinajstić information content (AvgIpc) is 2.64. The van der Waals surface area contributed by atoms with Gasteiger partial charge in [-0.2, -0.15) is 0 Å². The minimum atomic E-state index is -3.53. The molecular formula is C10H9BrN2O2S2. The summed E-state index contributed by atoms with van der Waals surface area (Å²) in [5.41, 5.74) is 0.734. The fourth-order valence-corrected chi connectivity index (χ4v) is 4.03. The molecule has 7 heteroatoms. The maximum atomic E-state index is 12.0. The lowest BCUT2D eigenvalue weighted by Gasteiger charge is -2.06. The molecule has 0 amide bonds. The van der Waals surface area contributed by atoms with Gasteiger partial charge in [0, 0.05) is 10.7 Å². The van der Waals surface area contributed by atoms with E-state index in [0.717, 1.165) is 10.0 Å². The van der Waals surface area contributed by atoms with Crippen LogP contribution >= 0.6 is 27.3 Å². The molecule has 0 aliphatic rings. The van der Waals surface area contributed by atoms with Crippen LogP contribution in [0, 0.1) is 6.92 Å². The monoisotopic (exact) mass is 332 g/mol. The first-order valence-corrected chi connectivity index (χ1v) is 7.83. The van der Waals surface area contributed by atoms with Crippen LogP contribution < -0.4 is 4.72 Å². The van der Waals surface area contributed by atoms with Gasteiger partial charge in [-0.05, 0) is 36.1 Å². The van der Waals surface area contributed by atoms with Crippen LogP contribution in [0.1, 0.15) is 5.56 Å². The molecular weight excluding hydrogens is 324 g/mol. The summed E-state index contributed by atoms with van der Waals surface area (Å²) >= 11 is 4.45. The molecule has 0 bridgehead atoms. The van der Waals surface area contributed by atoms with Crippen LogP contribution in [0.3, 0.4) is 0 Å². The van der Waals surface area contributed by atoms with Crippen LogP contribution in [0.15, 0.2) is 38.5 Å². The molecule has 0 radical (unpaired) electrons. The molecule has 2 heterocycles. The van der Waals surface area contributed by atoms with Crippen LogP contribution in [0.4, 0.5) is 5.82 Å². The Morgan fingerprint density at radius 2 is 2.18 bits per heavy atom. The third-order valence-corrected chi connectivity index (χ3v) is 5.56. The van der Waals surface area contributed by atoms with Crippen molar-refractivity contribution in [3.63, 3.8) is 0 Å². The molecule has 90 valence electrons. The van der Waals surface area contributed by atoms with Gasteiger partial charge in [-0.1, -0.05) is 15.9 Å². The minimum absolute atomic E-state index is 0.298. The highest BCUT2D eigenvalue weighted by atomic mass is 79.9. The topological polar surface area (TPSA) is 59.1 Å². The summed E-state index contributed by atoms with van der Waals surface area (Å²) in [5, 5.41) is 1.75. The number of sulfonamides is 1. The van der Waals surface area contributed by atoms with Crippen molar-refractivity contribution >= 4 is 43.1 Å². The lowest BCUT2D eigenvalue weighted by molar-refractivity contribution is 0.602. The van der Waals surface area contributed by atoms with Crippen LogP contribution in [-0.2, 0) is 10.0 Å². The second-order valence-electron chi connectivity index (χ2n) is 3.36. The molecule has 0 aliphatic heterocycles. The van der Waals surface area contributed by atoms with Crippen LogP contribution in [0.25, 0.3) is 0 Å². The van der Waals surface area contributed by atoms with Crippen LogP contribution in [0.5, 0.6) is 0 Å². The van der Waals surface area contributed by atoms with E-state index >= 15 is 0 Å². The zero-order valence-corrected chi connectivity index (χ0v) is 12.1. The summed E-state index contributed by atoms with van der Waals surface area (Å²) in [6.45, 7) is 1.76. The molecule has 1 N–H and O–H groups in total. The number of hydrogen-bond acceptors (Lipinski definition) is 4. The number of hydrogen-bond donors (Lipinski definition) is 1. The Morgan fingerprint density at radius 1 is 1.41 bits per heavy atom. The lowest BCUT2D eigenvalue weighted by Crippen LogP contribution is -2.13. The lowest BCUT2D eigenvalue weighted by atomic mass is 10.4. The summed E-state index contributed by atoms with van der Waals surface area (Å²) < 4.78 is 27.6. The van der Waals surface area contributed by atoms with E-state index in [1.807, 2.05) is 0 Å². The molecule has 0 atom stereocenters. The van der Waals surface area contributed by atoms with Crippen molar-refractivity contribution in [1.82, 2.24) is 4.98 Å². The Bertz CT molecular complexity index is 637. The van der Waals surface area contributed by atoms with Crippen molar-refractivity contribution in [1.29, 1.82) is 0 Å². The molecule has 4 nitrogen and oxygen atoms in total. The highest BCUT2D eigenvalue weighted by Crippen LogP contribution is 2.24. The Balaban J connectivity index is 2.33. The Labute approximate surface area is 112 Å². The van der Waals surface area contributed by atoms with Crippen LogP contribution in [0.2, 0.25) is 0 Å². The Morgan fingerprint density at radius 3 is 2.76 bits per heavy atom. The fourth-order valence-electron chi connectivity index (χ4n) is 1.28. The summed E-state index contributed by atoms with van der Waals surface area (Å²) in [5.74, 6) is 0.298. The van der Waals surface area contributed by atoms with Gasteiger partial charge in [0.05, 0.1) is 0 Å². The number of thiophene rings is 1. The summed E-state index contributed by atoms with van der Waals surface area (Å²) in [6.07, 6.45) is 1.53. The van der Waals surface area contributed by atoms with E-state index in [4.69, 9.17) is 0 Å². The highest BCUT2D eigenvalue weighted by molar-refractivity contribution is 9.10. The van der Waals surface area contributed by atoms with Gasteiger partial charge >= 0.3 is 0 Å². The second-order valence-corrected chi connectivity index (χ2v) is 7.07. The molecule has 0 aromatic carbocycles. The van der Waals surface area contributed by atoms with E-state index in [1.165, 1.54) is 17.5 Å². The van der Waals surface area contributed by atoms with Crippen molar-refractivity contribution in [2.45, 2.75) is 11.1 Å². The fraction of sp³-hybridized carbons (Fsp3) is 0.100.